The van der Waals surface area contributed by atoms with Crippen molar-refractivity contribution >= 4 is 29.2 Å². The van der Waals surface area contributed by atoms with Crippen molar-refractivity contribution in [3.8, 4) is 0 Å². The largest absolute Gasteiger partial charge is 0.480 e. The molecule has 1 N–H and O–H groups in total. The van der Waals surface area contributed by atoms with E-state index in [0.717, 1.165) is 32.1 Å². The Hall–Kier alpha value is -1.88. The van der Waals surface area contributed by atoms with Crippen LogP contribution in [-0.2, 0) is 9.59 Å². The lowest BCUT2D eigenvalue weighted by Gasteiger charge is -2.38. The second kappa shape index (κ2) is 7.79. The molecule has 1 aromatic rings. The van der Waals surface area contributed by atoms with Crippen LogP contribution < -0.4 is 0 Å². The van der Waals surface area contributed by atoms with E-state index in [9.17, 15) is 9.59 Å². The number of benzene rings is 1. The van der Waals surface area contributed by atoms with Crippen molar-refractivity contribution in [2.75, 3.05) is 6.54 Å². The molecule has 3 rings (SSSR count). The van der Waals surface area contributed by atoms with Crippen LogP contribution in [0.3, 0.4) is 0 Å². The van der Waals surface area contributed by atoms with E-state index in [-0.39, 0.29) is 12.5 Å². The molecular weight excluding hydrogens is 328 g/mol. The maximum Gasteiger partial charge on any atom is 0.323 e. The van der Waals surface area contributed by atoms with Crippen molar-refractivity contribution in [2.45, 2.75) is 51.6 Å². The predicted octanol–water partition coefficient (Wildman–Crippen LogP) is 3.74. The lowest BCUT2D eigenvalue weighted by Crippen LogP contribution is -2.50. The summed E-state index contributed by atoms with van der Waals surface area (Å²) >= 11 is 5.88. The molecule has 1 aliphatic heterocycles. The second-order valence-corrected chi connectivity index (χ2v) is 6.23. The van der Waals surface area contributed by atoms with Gasteiger partial charge in [0.05, 0.1) is 0 Å². The van der Waals surface area contributed by atoms with Gasteiger partial charge in [-0.2, -0.15) is 0 Å². The Morgan fingerprint density at radius 1 is 1.21 bits per heavy atom. The number of carboxylic acid groups (broad SMARTS) is 1. The highest BCUT2D eigenvalue weighted by molar-refractivity contribution is 6.47. The van der Waals surface area contributed by atoms with Crippen LogP contribution >= 0.6 is 11.6 Å². The summed E-state index contributed by atoms with van der Waals surface area (Å²) < 4.78 is 0. The molecule has 2 aliphatic rings. The van der Waals surface area contributed by atoms with Gasteiger partial charge in [-0.1, -0.05) is 44.0 Å². The standard InChI is InChI=1S/C16H17ClN2O3.C2H6/c17-12-6-4-11(5-7-12)14-15(22)19(10-13(20)21)16(18-14)8-2-1-3-9-16;1-2/h4-7H,1-3,8-10H2,(H,20,21);1-2H3. The molecule has 1 heterocycles. The lowest BCUT2D eigenvalue weighted by molar-refractivity contribution is -0.145. The summed E-state index contributed by atoms with van der Waals surface area (Å²) in [6, 6.07) is 6.92. The summed E-state index contributed by atoms with van der Waals surface area (Å²) in [6.07, 6.45) is 4.47. The molecule has 130 valence electrons. The van der Waals surface area contributed by atoms with E-state index in [1.165, 1.54) is 4.90 Å². The van der Waals surface area contributed by atoms with E-state index < -0.39 is 11.6 Å². The summed E-state index contributed by atoms with van der Waals surface area (Å²) in [7, 11) is 0. The highest BCUT2D eigenvalue weighted by Gasteiger charge is 2.48. The van der Waals surface area contributed by atoms with Gasteiger partial charge in [-0.15, -0.1) is 0 Å². The number of carbonyl (C=O) groups excluding carboxylic acids is 1. The fourth-order valence-corrected chi connectivity index (χ4v) is 3.41. The summed E-state index contributed by atoms with van der Waals surface area (Å²) in [5, 5.41) is 9.72. The van der Waals surface area contributed by atoms with Crippen LogP contribution in [-0.4, -0.2) is 39.8 Å². The molecule has 0 saturated heterocycles. The van der Waals surface area contributed by atoms with Crippen LogP contribution in [0.15, 0.2) is 29.3 Å². The van der Waals surface area contributed by atoms with Gasteiger partial charge in [-0.3, -0.25) is 14.6 Å². The number of carboxylic acids is 1. The Morgan fingerprint density at radius 3 is 2.33 bits per heavy atom. The van der Waals surface area contributed by atoms with Crippen LogP contribution in [0, 0.1) is 0 Å². The number of hydrogen-bond donors (Lipinski definition) is 1. The molecular formula is C18H23ClN2O3. The van der Waals surface area contributed by atoms with E-state index in [2.05, 4.69) is 4.99 Å². The van der Waals surface area contributed by atoms with Crippen LogP contribution in [0.5, 0.6) is 0 Å². The van der Waals surface area contributed by atoms with Crippen LogP contribution in [0.4, 0.5) is 0 Å². The zero-order chi connectivity index (χ0) is 17.7. The molecule has 1 fully saturated rings. The van der Waals surface area contributed by atoms with Crippen molar-refractivity contribution in [3.05, 3.63) is 34.9 Å². The fraction of sp³-hybridized carbons (Fsp3) is 0.500. The Bertz CT molecular complexity index is 634. The molecule has 0 bridgehead atoms. The van der Waals surface area contributed by atoms with E-state index in [1.807, 2.05) is 13.8 Å². The quantitative estimate of drug-likeness (QED) is 0.902. The molecule has 1 amide bonds. The highest BCUT2D eigenvalue weighted by Crippen LogP contribution is 2.39. The number of aliphatic imine (C=N–C) groups is 1. The van der Waals surface area contributed by atoms with Gasteiger partial charge in [0.15, 0.2) is 0 Å². The molecule has 1 aliphatic carbocycles. The third-order valence-electron chi connectivity index (χ3n) is 4.34. The minimum atomic E-state index is -1.01. The average molecular weight is 351 g/mol. The average Bonchev–Trinajstić information content (AvgIpc) is 2.84. The van der Waals surface area contributed by atoms with E-state index in [1.54, 1.807) is 24.3 Å². The molecule has 0 radical (unpaired) electrons. The monoisotopic (exact) mass is 350 g/mol. The topological polar surface area (TPSA) is 70.0 Å². The first-order valence-electron chi connectivity index (χ1n) is 8.41. The predicted molar refractivity (Wildman–Crippen MR) is 94.5 cm³/mol. The summed E-state index contributed by atoms with van der Waals surface area (Å²) in [4.78, 5) is 30.0. The Labute approximate surface area is 147 Å². The molecule has 0 atom stereocenters. The Balaban J connectivity index is 0.00000100. The molecule has 24 heavy (non-hydrogen) atoms. The summed E-state index contributed by atoms with van der Waals surface area (Å²) in [6.45, 7) is 3.69. The molecule has 5 nitrogen and oxygen atoms in total. The molecule has 1 saturated carbocycles. The summed E-state index contributed by atoms with van der Waals surface area (Å²) in [5.74, 6) is -1.31. The third-order valence-corrected chi connectivity index (χ3v) is 4.59. The minimum absolute atomic E-state index is 0.299. The number of hydrogen-bond acceptors (Lipinski definition) is 3. The normalized spacial score (nSPS) is 18.9. The van der Waals surface area contributed by atoms with Gasteiger partial charge >= 0.3 is 5.97 Å². The minimum Gasteiger partial charge on any atom is -0.480 e. The van der Waals surface area contributed by atoms with Crippen molar-refractivity contribution in [1.29, 1.82) is 0 Å². The Kier molecular flexibility index (Phi) is 5.99. The number of amides is 1. The van der Waals surface area contributed by atoms with Crippen molar-refractivity contribution < 1.29 is 14.7 Å². The Morgan fingerprint density at radius 2 is 1.79 bits per heavy atom. The van der Waals surface area contributed by atoms with E-state index >= 15 is 0 Å². The smallest absolute Gasteiger partial charge is 0.323 e. The second-order valence-electron chi connectivity index (χ2n) is 5.80. The SMILES string of the molecule is CC.O=C(O)CN1C(=O)C(c2ccc(Cl)cc2)=NC12CCCCC2. The molecule has 1 spiro atoms. The number of rotatable bonds is 3. The van der Waals surface area contributed by atoms with Crippen molar-refractivity contribution in [3.63, 3.8) is 0 Å². The van der Waals surface area contributed by atoms with Gasteiger partial charge < -0.3 is 10.0 Å². The first-order valence-corrected chi connectivity index (χ1v) is 8.79. The van der Waals surface area contributed by atoms with Gasteiger partial charge in [0, 0.05) is 10.6 Å². The number of nitrogens with zero attached hydrogens (tertiary/aromatic N) is 2. The zero-order valence-corrected chi connectivity index (χ0v) is 14.8. The van der Waals surface area contributed by atoms with E-state index in [0.29, 0.717) is 16.3 Å². The molecule has 0 aromatic heterocycles. The first-order chi connectivity index (χ1) is 11.5. The third kappa shape index (κ3) is 3.61. The fourth-order valence-electron chi connectivity index (χ4n) is 3.28. The number of aliphatic carboxylic acids is 1. The van der Waals surface area contributed by atoms with Gasteiger partial charge in [0.1, 0.15) is 17.9 Å². The number of halogens is 1. The van der Waals surface area contributed by atoms with Gasteiger partial charge in [-0.05, 0) is 37.8 Å². The van der Waals surface area contributed by atoms with Crippen LogP contribution in [0.2, 0.25) is 5.02 Å². The zero-order valence-electron chi connectivity index (χ0n) is 14.1. The maximum atomic E-state index is 12.7. The van der Waals surface area contributed by atoms with Gasteiger partial charge in [0.2, 0.25) is 0 Å². The van der Waals surface area contributed by atoms with E-state index in [4.69, 9.17) is 16.7 Å². The van der Waals surface area contributed by atoms with Crippen LogP contribution in [0.1, 0.15) is 51.5 Å². The lowest BCUT2D eigenvalue weighted by atomic mass is 9.88. The first kappa shape index (κ1) is 18.5. The highest BCUT2D eigenvalue weighted by atomic mass is 35.5. The van der Waals surface area contributed by atoms with Crippen LogP contribution in [0.25, 0.3) is 0 Å². The van der Waals surface area contributed by atoms with Gasteiger partial charge in [-0.25, -0.2) is 0 Å². The van der Waals surface area contributed by atoms with Crippen molar-refractivity contribution in [1.82, 2.24) is 4.90 Å². The van der Waals surface area contributed by atoms with Gasteiger partial charge in [0.25, 0.3) is 5.91 Å². The maximum absolute atomic E-state index is 12.7. The number of carbonyl (C=O) groups is 2. The molecule has 1 aromatic carbocycles. The summed E-state index contributed by atoms with van der Waals surface area (Å²) in [5.41, 5.74) is 0.356. The molecule has 6 heteroatoms. The van der Waals surface area contributed by atoms with Crippen molar-refractivity contribution in [2.24, 2.45) is 4.99 Å². The molecule has 0 unspecified atom stereocenters.